The Balaban J connectivity index is 1.26. The fourth-order valence-corrected chi connectivity index (χ4v) is 13.5. The van der Waals surface area contributed by atoms with Crippen LogP contribution in [0.2, 0.25) is 10.0 Å². The van der Waals surface area contributed by atoms with Crippen molar-refractivity contribution < 1.29 is 118 Å². The first-order chi connectivity index (χ1) is 47.7. The monoisotopic (exact) mass is 1450 g/mol. The number of carboxylic acids is 1. The summed E-state index contributed by atoms with van der Waals surface area (Å²) in [6.45, 7) is 5.67. The SMILES string of the molecule is CN[C@H](CC(C)C)C(=O)N[C@H]1C(=O)C[C@@H](CC(N)=O)C(=O)N[C@H]2C(=O)C[C@H]3C(=O)N[C@@H](C(=O)N[C@H](C(=O)O)c4cc(O)cc(O)c4-c4cc3ccc4O)[C@H](OC3CC(C)(N)C(O)C(C)O3)c3ccc(c(Cl)c3)Oc3cc2cc(c3OC2OC(CO)C(O)C(O)C2O)Oc2ccc(cc2Cl)[C@H]1O. The van der Waals surface area contributed by atoms with Gasteiger partial charge in [0.1, 0.15) is 83.5 Å². The minimum Gasteiger partial charge on any atom is -0.508 e. The maximum absolute atomic E-state index is 16.2. The number of carbonyl (C=O) groups is 8. The predicted molar refractivity (Wildman–Crippen MR) is 352 cm³/mol. The molecule has 542 valence electrons. The first-order valence-electron chi connectivity index (χ1n) is 32.1. The van der Waals surface area contributed by atoms with E-state index in [4.69, 9.17) is 63.1 Å². The number of likely N-dealkylation sites (N-methyl/N-ethyl adjacent to an activating group) is 1. The number of aliphatic hydroxyl groups is 6. The van der Waals surface area contributed by atoms with Gasteiger partial charge in [-0.2, -0.15) is 0 Å². The van der Waals surface area contributed by atoms with Crippen molar-refractivity contribution in [3.05, 3.63) is 117 Å². The highest BCUT2D eigenvalue weighted by atomic mass is 35.5. The van der Waals surface area contributed by atoms with Gasteiger partial charge in [0.25, 0.3) is 0 Å². The van der Waals surface area contributed by atoms with Crippen LogP contribution in [-0.2, 0) is 52.6 Å². The van der Waals surface area contributed by atoms with E-state index in [2.05, 4.69) is 26.6 Å². The number of fused-ring (bicyclic) bond motifs is 15. The number of hydrogen-bond donors (Lipinski definition) is 17. The summed E-state index contributed by atoms with van der Waals surface area (Å²) in [5, 5.41) is 125. The van der Waals surface area contributed by atoms with E-state index >= 15 is 19.2 Å². The molecule has 2 fully saturated rings. The van der Waals surface area contributed by atoms with E-state index < -0.39 is 238 Å². The number of aliphatic carboxylic acids is 1. The summed E-state index contributed by atoms with van der Waals surface area (Å²) in [6, 6.07) is 4.89. The number of ether oxygens (including phenoxy) is 6. The zero-order valence-corrected chi connectivity index (χ0v) is 56.3. The Morgan fingerprint density at radius 3 is 1.99 bits per heavy atom. The van der Waals surface area contributed by atoms with E-state index in [0.717, 1.165) is 48.5 Å². The summed E-state index contributed by atoms with van der Waals surface area (Å²) < 4.78 is 38.1. The highest BCUT2D eigenvalue weighted by molar-refractivity contribution is 6.32. The van der Waals surface area contributed by atoms with Gasteiger partial charge in [0, 0.05) is 54.0 Å². The Bertz CT molecular complexity index is 4070. The molecule has 0 spiro atoms. The summed E-state index contributed by atoms with van der Waals surface area (Å²) in [7, 11) is 1.49. The van der Waals surface area contributed by atoms with E-state index in [1.165, 1.54) is 51.2 Å². The quantitative estimate of drug-likeness (QED) is 0.0802. The van der Waals surface area contributed by atoms with Crippen molar-refractivity contribution in [2.75, 3.05) is 13.7 Å². The number of nitrogens with one attached hydrogen (secondary N) is 5. The van der Waals surface area contributed by atoms with Crippen LogP contribution >= 0.6 is 23.2 Å². The molecule has 18 atom stereocenters. The third kappa shape index (κ3) is 16.0. The van der Waals surface area contributed by atoms with Crippen LogP contribution in [0.1, 0.15) is 118 Å². The summed E-state index contributed by atoms with van der Waals surface area (Å²) in [4.78, 5) is 119. The molecule has 12 rings (SSSR count). The molecule has 0 radical (unpaired) electrons. The molecule has 101 heavy (non-hydrogen) atoms. The minimum atomic E-state index is -2.25. The van der Waals surface area contributed by atoms with Crippen LogP contribution in [-0.4, -0.2) is 185 Å². The second kappa shape index (κ2) is 30.4. The maximum Gasteiger partial charge on any atom is 0.330 e. The van der Waals surface area contributed by atoms with Crippen molar-refractivity contribution in [3.8, 4) is 57.1 Å². The number of ketones is 2. The average Bonchev–Trinajstić information content (AvgIpc) is 0.770. The van der Waals surface area contributed by atoms with Crippen LogP contribution in [0, 0.1) is 11.8 Å². The standard InChI is InChI=1S/C68H77Cl2N7O24/c1-25(2)12-38(73-5)64(92)76-53-41(82)16-31(19-48(71)84)62(90)74-51-30-17-45(97-43-10-7-28(55(53)85)14-36(43)69)60(101-67-58(88)57(87)56(86)47(24-78)99-67)46(18-30)98-44-11-8-29(15-37(44)70)59(100-49-23-68(4,72)61(89)26(3)96-49)54-65(93)75-52(66(94)95)35-20-32(79)21-40(81)50(35)34-13-27(6-9-39(34)80)33(22-42(51)83)63(91)77-54/h6-11,13-15,17-18,20-21,25-26,31,33,38,47,49,51-59,61,67,73,78-81,85-89H,12,16,19,22-24,72H2,1-5H3,(H2,71,84)(H,74,90)(H,75,93)(H,76,92)(H,77,91)(H,94,95)/t26?,31-,33+,38+,47?,49?,51+,52-,53-,54+,55+,56?,57?,58?,59+,61?,67?,68?/m0/s1. The van der Waals surface area contributed by atoms with Gasteiger partial charge in [0.15, 0.2) is 35.4 Å². The van der Waals surface area contributed by atoms with Crippen molar-refractivity contribution >= 4 is 70.3 Å². The molecule has 11 bridgehead atoms. The first-order valence-corrected chi connectivity index (χ1v) is 32.8. The molecule has 2 saturated heterocycles. The number of phenolic OH excluding ortho intramolecular Hbond substituents is 3. The lowest BCUT2D eigenvalue weighted by molar-refractivity contribution is -0.277. The Morgan fingerprint density at radius 2 is 1.39 bits per heavy atom. The Kier molecular flexibility index (Phi) is 22.5. The van der Waals surface area contributed by atoms with E-state index in [1.807, 2.05) is 13.8 Å². The molecule has 9 unspecified atom stereocenters. The first kappa shape index (κ1) is 74.9. The Labute approximate surface area is 585 Å². The fourth-order valence-electron chi connectivity index (χ4n) is 13.0. The summed E-state index contributed by atoms with van der Waals surface area (Å²) in [6.07, 6.45) is -20.7. The number of aliphatic hydroxyl groups excluding tert-OH is 6. The van der Waals surface area contributed by atoms with E-state index in [-0.39, 0.29) is 57.5 Å². The summed E-state index contributed by atoms with van der Waals surface area (Å²) in [5.41, 5.74) is 8.62. The van der Waals surface area contributed by atoms with Crippen molar-refractivity contribution in [3.63, 3.8) is 0 Å². The second-order valence-corrected chi connectivity index (χ2v) is 27.1. The zero-order valence-electron chi connectivity index (χ0n) is 54.7. The smallest absolute Gasteiger partial charge is 0.330 e. The van der Waals surface area contributed by atoms with Crippen LogP contribution < -0.4 is 52.3 Å². The molecule has 7 aliphatic heterocycles. The zero-order chi connectivity index (χ0) is 73.5. The molecule has 5 aromatic carbocycles. The third-order valence-corrected chi connectivity index (χ3v) is 18.9. The molecule has 7 heterocycles. The number of aromatic hydroxyl groups is 3. The van der Waals surface area contributed by atoms with Gasteiger partial charge in [-0.15, -0.1) is 0 Å². The third-order valence-electron chi connectivity index (χ3n) is 18.4. The Hall–Kier alpha value is -8.80. The number of hydrogen-bond acceptors (Lipinski definition) is 25. The van der Waals surface area contributed by atoms with Gasteiger partial charge in [-0.3, -0.25) is 33.6 Å². The number of phenols is 3. The molecule has 5 aromatic rings. The lowest BCUT2D eigenvalue weighted by Gasteiger charge is -2.44. The van der Waals surface area contributed by atoms with E-state index in [0.29, 0.717) is 0 Å². The van der Waals surface area contributed by atoms with Crippen LogP contribution in [0.3, 0.4) is 0 Å². The van der Waals surface area contributed by atoms with Crippen molar-refractivity contribution in [1.29, 1.82) is 0 Å². The van der Waals surface area contributed by atoms with E-state index in [1.54, 1.807) is 0 Å². The van der Waals surface area contributed by atoms with Crippen molar-refractivity contribution in [2.24, 2.45) is 23.3 Å². The molecule has 0 aliphatic carbocycles. The number of Topliss-reactive ketones (excluding diaryl/α,β-unsaturated/α-hetero) is 2. The molecule has 33 heteroatoms. The van der Waals surface area contributed by atoms with Crippen LogP contribution in [0.5, 0.6) is 46.0 Å². The van der Waals surface area contributed by atoms with E-state index in [9.17, 15) is 70.2 Å². The van der Waals surface area contributed by atoms with Gasteiger partial charge in [-0.25, -0.2) is 4.79 Å². The summed E-state index contributed by atoms with van der Waals surface area (Å²) in [5.74, 6) is -18.5. The number of amides is 5. The number of rotatable bonds is 13. The van der Waals surface area contributed by atoms with Crippen molar-refractivity contribution in [1.82, 2.24) is 26.6 Å². The Morgan fingerprint density at radius 1 is 0.743 bits per heavy atom. The number of halogens is 2. The van der Waals surface area contributed by atoms with Crippen molar-refractivity contribution in [2.45, 2.75) is 163 Å². The molecule has 7 aliphatic rings. The molecule has 31 nitrogen and oxygen atoms in total. The molecule has 0 aromatic heterocycles. The molecule has 0 saturated carbocycles. The fraction of sp³-hybridized carbons (Fsp3) is 0.441. The number of carbonyl (C=O) groups excluding carboxylic acids is 7. The van der Waals surface area contributed by atoms with Crippen LogP contribution in [0.15, 0.2) is 78.9 Å². The van der Waals surface area contributed by atoms with Gasteiger partial charge in [0.2, 0.25) is 41.6 Å². The van der Waals surface area contributed by atoms with Gasteiger partial charge in [0.05, 0.1) is 46.7 Å². The highest BCUT2D eigenvalue weighted by Crippen LogP contribution is 2.50. The highest BCUT2D eigenvalue weighted by Gasteiger charge is 2.49. The number of carboxylic acid groups (broad SMARTS) is 1. The van der Waals surface area contributed by atoms with Gasteiger partial charge < -0.3 is 118 Å². The second-order valence-electron chi connectivity index (χ2n) is 26.3. The van der Waals surface area contributed by atoms with Crippen LogP contribution in [0.25, 0.3) is 11.1 Å². The van der Waals surface area contributed by atoms with Gasteiger partial charge in [-0.05, 0) is 110 Å². The molecule has 19 N–H and O–H groups in total. The summed E-state index contributed by atoms with van der Waals surface area (Å²) >= 11 is 14.3. The minimum absolute atomic E-state index is 0.0746. The largest absolute Gasteiger partial charge is 0.508 e. The average molecular weight is 1450 g/mol. The normalized spacial score (nSPS) is 29.6. The topological polar surface area (TPSA) is 506 Å². The molecular formula is C68H77Cl2N7O24. The molecular weight excluding hydrogens is 1370 g/mol. The predicted octanol–water partition coefficient (Wildman–Crippen LogP) is 2.08. The van der Waals surface area contributed by atoms with Gasteiger partial charge in [-0.1, -0.05) is 55.2 Å². The lowest BCUT2D eigenvalue weighted by Crippen LogP contribution is -2.61. The number of primary amides is 1. The molecule has 5 amide bonds. The van der Waals surface area contributed by atoms with Crippen LogP contribution in [0.4, 0.5) is 0 Å². The number of nitrogens with two attached hydrogens (primary N) is 2. The number of benzene rings is 5. The maximum atomic E-state index is 16.2. The van der Waals surface area contributed by atoms with Gasteiger partial charge >= 0.3 is 5.97 Å². The lowest BCUT2D eigenvalue weighted by atomic mass is 9.84.